The molecule has 0 radical (unpaired) electrons. The van der Waals surface area contributed by atoms with E-state index in [9.17, 15) is 14.4 Å². The molecule has 2 N–H and O–H groups in total. The van der Waals surface area contributed by atoms with Crippen LogP contribution in [0.2, 0.25) is 0 Å². The van der Waals surface area contributed by atoms with Gasteiger partial charge in [0.15, 0.2) is 0 Å². The Kier molecular flexibility index (Phi) is 7.26. The van der Waals surface area contributed by atoms with Crippen molar-refractivity contribution in [2.75, 3.05) is 26.2 Å². The Bertz CT molecular complexity index is 1340. The number of carbonyl (C=O) groups is 2. The number of hydrogen-bond donors (Lipinski definition) is 2. The minimum Gasteiger partial charge on any atom is -0.340 e. The Morgan fingerprint density at radius 2 is 1.56 bits per heavy atom. The molecule has 39 heavy (non-hydrogen) atoms. The maximum absolute atomic E-state index is 13.5. The van der Waals surface area contributed by atoms with E-state index < -0.39 is 6.04 Å². The summed E-state index contributed by atoms with van der Waals surface area (Å²) in [7, 11) is 0. The summed E-state index contributed by atoms with van der Waals surface area (Å²) in [6.45, 7) is 2.60. The molecule has 3 heterocycles. The first-order valence-corrected chi connectivity index (χ1v) is 14.3. The number of urea groups is 1. The molecule has 2 aromatic carbocycles. The lowest BCUT2D eigenvalue weighted by Crippen LogP contribution is -2.53. The van der Waals surface area contributed by atoms with Gasteiger partial charge in [-0.1, -0.05) is 60.7 Å². The summed E-state index contributed by atoms with van der Waals surface area (Å²) in [5, 5.41) is 3.09. The summed E-state index contributed by atoms with van der Waals surface area (Å²) in [5.41, 5.74) is 2.92. The second-order valence-electron chi connectivity index (χ2n) is 11.3. The van der Waals surface area contributed by atoms with Gasteiger partial charge in [0.1, 0.15) is 6.04 Å². The third-order valence-corrected chi connectivity index (χ3v) is 8.57. The molecule has 1 saturated carbocycles. The number of aromatic amines is 1. The van der Waals surface area contributed by atoms with Crippen molar-refractivity contribution in [3.8, 4) is 11.3 Å². The molecule has 2 saturated heterocycles. The molecular formula is C31H37N5O3. The number of nitrogens with one attached hydrogen (secondary N) is 2. The van der Waals surface area contributed by atoms with Crippen molar-refractivity contribution < 1.29 is 9.59 Å². The minimum absolute atomic E-state index is 0.0374. The number of H-pyrrole nitrogens is 1. The van der Waals surface area contributed by atoms with Gasteiger partial charge in [0.2, 0.25) is 5.91 Å². The number of piperidine rings is 1. The Labute approximate surface area is 229 Å². The van der Waals surface area contributed by atoms with E-state index in [1.807, 2.05) is 47.5 Å². The van der Waals surface area contributed by atoms with E-state index in [2.05, 4.69) is 34.6 Å². The van der Waals surface area contributed by atoms with Crippen LogP contribution in [-0.4, -0.2) is 63.5 Å². The predicted molar refractivity (Wildman–Crippen MR) is 150 cm³/mol. The van der Waals surface area contributed by atoms with Crippen molar-refractivity contribution in [3.05, 3.63) is 82.9 Å². The van der Waals surface area contributed by atoms with Gasteiger partial charge in [0, 0.05) is 44.3 Å². The van der Waals surface area contributed by atoms with Crippen LogP contribution in [0.5, 0.6) is 0 Å². The average Bonchev–Trinajstić information content (AvgIpc) is 3.74. The molecule has 3 aliphatic rings. The third-order valence-electron chi connectivity index (χ3n) is 8.57. The van der Waals surface area contributed by atoms with E-state index in [4.69, 9.17) is 0 Å². The van der Waals surface area contributed by atoms with Gasteiger partial charge < -0.3 is 20.1 Å². The van der Waals surface area contributed by atoms with Crippen molar-refractivity contribution in [2.45, 2.75) is 56.5 Å². The fourth-order valence-electron chi connectivity index (χ4n) is 6.10. The molecule has 2 aliphatic heterocycles. The molecule has 8 nitrogen and oxygen atoms in total. The van der Waals surface area contributed by atoms with Crippen LogP contribution in [0.1, 0.15) is 56.0 Å². The second-order valence-corrected chi connectivity index (χ2v) is 11.3. The van der Waals surface area contributed by atoms with Crippen LogP contribution in [0, 0.1) is 5.92 Å². The lowest BCUT2D eigenvalue weighted by atomic mass is 9.93. The number of imidazole rings is 1. The summed E-state index contributed by atoms with van der Waals surface area (Å²) in [6, 6.07) is 19.6. The minimum atomic E-state index is -0.497. The monoisotopic (exact) mass is 527 g/mol. The summed E-state index contributed by atoms with van der Waals surface area (Å²) in [6.07, 6.45) is 7.15. The topological polar surface area (TPSA) is 90.4 Å². The molecular weight excluding hydrogens is 490 g/mol. The van der Waals surface area contributed by atoms with Gasteiger partial charge in [-0.3, -0.25) is 9.36 Å². The van der Waals surface area contributed by atoms with Crippen molar-refractivity contribution >= 4 is 11.9 Å². The average molecular weight is 528 g/mol. The number of nitrogens with zero attached hydrogens (tertiary/aromatic N) is 3. The molecule has 3 fully saturated rings. The lowest BCUT2D eigenvalue weighted by Gasteiger charge is -2.33. The first kappa shape index (κ1) is 25.5. The van der Waals surface area contributed by atoms with Gasteiger partial charge in [0.05, 0.1) is 5.69 Å². The molecule has 3 aromatic rings. The van der Waals surface area contributed by atoms with Crippen LogP contribution >= 0.6 is 0 Å². The highest BCUT2D eigenvalue weighted by Crippen LogP contribution is 2.33. The normalized spacial score (nSPS) is 22.5. The van der Waals surface area contributed by atoms with E-state index in [0.29, 0.717) is 44.8 Å². The molecule has 0 spiro atoms. The summed E-state index contributed by atoms with van der Waals surface area (Å²) in [4.78, 5) is 46.3. The number of carbonyl (C=O) groups excluding carboxylic acids is 2. The Balaban J connectivity index is 1.08. The SMILES string of the molecule is O=C(N[C@H]1CC[C@H](c2ccccc2)CN(CC2CC2)C1=O)N1CCC(n2cc(-c3ccccc3)[nH]c2=O)CC1. The molecule has 1 aliphatic carbocycles. The number of rotatable bonds is 6. The fraction of sp³-hybridized carbons (Fsp3) is 0.452. The quantitative estimate of drug-likeness (QED) is 0.499. The van der Waals surface area contributed by atoms with Crippen LogP contribution in [0.3, 0.4) is 0 Å². The van der Waals surface area contributed by atoms with Crippen molar-refractivity contribution in [2.24, 2.45) is 5.92 Å². The van der Waals surface area contributed by atoms with Gasteiger partial charge in [-0.25, -0.2) is 9.59 Å². The van der Waals surface area contributed by atoms with Gasteiger partial charge in [-0.05, 0) is 55.6 Å². The largest absolute Gasteiger partial charge is 0.340 e. The zero-order chi connectivity index (χ0) is 26.8. The maximum atomic E-state index is 13.5. The van der Waals surface area contributed by atoms with Crippen molar-refractivity contribution in [3.63, 3.8) is 0 Å². The van der Waals surface area contributed by atoms with E-state index >= 15 is 0 Å². The number of aromatic nitrogens is 2. The molecule has 2 atom stereocenters. The molecule has 0 unspecified atom stereocenters. The van der Waals surface area contributed by atoms with Crippen LogP contribution in [0.15, 0.2) is 71.7 Å². The van der Waals surface area contributed by atoms with Gasteiger partial charge in [0.25, 0.3) is 0 Å². The molecule has 1 aromatic heterocycles. The smallest absolute Gasteiger partial charge is 0.326 e. The fourth-order valence-corrected chi connectivity index (χ4v) is 6.10. The van der Waals surface area contributed by atoms with Crippen LogP contribution < -0.4 is 11.0 Å². The Morgan fingerprint density at radius 1 is 0.872 bits per heavy atom. The summed E-state index contributed by atoms with van der Waals surface area (Å²) >= 11 is 0. The highest BCUT2D eigenvalue weighted by atomic mass is 16.2. The zero-order valence-corrected chi connectivity index (χ0v) is 22.3. The first-order valence-electron chi connectivity index (χ1n) is 14.3. The van der Waals surface area contributed by atoms with Crippen LogP contribution in [-0.2, 0) is 4.79 Å². The van der Waals surface area contributed by atoms with E-state index in [-0.39, 0.29) is 29.6 Å². The van der Waals surface area contributed by atoms with Gasteiger partial charge in [-0.15, -0.1) is 0 Å². The second kappa shape index (κ2) is 11.1. The summed E-state index contributed by atoms with van der Waals surface area (Å²) < 4.78 is 1.77. The molecule has 8 heteroatoms. The van der Waals surface area contributed by atoms with Crippen molar-refractivity contribution in [1.82, 2.24) is 24.7 Å². The van der Waals surface area contributed by atoms with E-state index in [1.165, 1.54) is 18.4 Å². The predicted octanol–water partition coefficient (Wildman–Crippen LogP) is 4.37. The lowest BCUT2D eigenvalue weighted by molar-refractivity contribution is -0.133. The highest BCUT2D eigenvalue weighted by Gasteiger charge is 2.36. The van der Waals surface area contributed by atoms with Crippen LogP contribution in [0.25, 0.3) is 11.3 Å². The third kappa shape index (κ3) is 5.79. The summed E-state index contributed by atoms with van der Waals surface area (Å²) in [5.74, 6) is 0.931. The standard InChI is InChI=1S/C31H37N5O3/c37-29-27(14-13-25(23-7-3-1-4-8-23)20-35(29)19-22-11-12-22)32-30(38)34-17-15-26(16-18-34)36-21-28(33-31(36)39)24-9-5-2-6-10-24/h1-10,21-22,25-27H,11-20H2,(H,32,38)(H,33,39)/t25-,27-/m0/s1. The zero-order valence-electron chi connectivity index (χ0n) is 22.3. The van der Waals surface area contributed by atoms with Crippen molar-refractivity contribution in [1.29, 1.82) is 0 Å². The molecule has 0 bridgehead atoms. The van der Waals surface area contributed by atoms with Gasteiger partial charge >= 0.3 is 11.7 Å². The molecule has 6 rings (SSSR count). The number of hydrogen-bond acceptors (Lipinski definition) is 3. The molecule has 3 amide bonds. The molecule has 204 valence electrons. The first-order chi connectivity index (χ1) is 19.0. The number of benzene rings is 2. The Hall–Kier alpha value is -3.81. The van der Waals surface area contributed by atoms with E-state index in [0.717, 1.165) is 24.2 Å². The maximum Gasteiger partial charge on any atom is 0.326 e. The number of likely N-dealkylation sites (tertiary alicyclic amines) is 2. The number of amides is 3. The van der Waals surface area contributed by atoms with Gasteiger partial charge in [-0.2, -0.15) is 0 Å². The highest BCUT2D eigenvalue weighted by molar-refractivity contribution is 5.87. The van der Waals surface area contributed by atoms with E-state index in [1.54, 1.807) is 9.47 Å². The Morgan fingerprint density at radius 3 is 2.26 bits per heavy atom. The van der Waals surface area contributed by atoms with Crippen LogP contribution in [0.4, 0.5) is 4.79 Å².